The monoisotopic (exact) mass is 415 g/mol. The van der Waals surface area contributed by atoms with E-state index in [4.69, 9.17) is 16.3 Å². The Balaban J connectivity index is 1.87. The number of esters is 1. The molecule has 2 aromatic carbocycles. The second-order valence-corrected chi connectivity index (χ2v) is 7.38. The molecular formula is C23H26ClNO4. The number of ether oxygens (including phenoxy) is 1. The third-order valence-electron chi connectivity index (χ3n) is 4.76. The molecule has 0 aromatic heterocycles. The van der Waals surface area contributed by atoms with Crippen LogP contribution in [0, 0.1) is 0 Å². The summed E-state index contributed by atoms with van der Waals surface area (Å²) in [6.07, 6.45) is -0.106. The van der Waals surface area contributed by atoms with Gasteiger partial charge in [0, 0.05) is 22.7 Å². The maximum Gasteiger partial charge on any atom is 0.307 e. The van der Waals surface area contributed by atoms with Crippen molar-refractivity contribution in [2.45, 2.75) is 52.1 Å². The average molecular weight is 416 g/mol. The molecule has 154 valence electrons. The number of Topliss-reactive ketones (excluding diaryl/α,β-unsaturated/α-hetero) is 1. The first-order valence-electron chi connectivity index (χ1n) is 9.69. The number of ketones is 1. The van der Waals surface area contributed by atoms with Gasteiger partial charge in [-0.25, -0.2) is 0 Å². The summed E-state index contributed by atoms with van der Waals surface area (Å²) in [4.78, 5) is 36.6. The number of rotatable bonds is 9. The lowest BCUT2D eigenvalue weighted by Crippen LogP contribution is -2.30. The fraction of sp³-hybridized carbons (Fsp3) is 0.348. The average Bonchev–Trinajstić information content (AvgIpc) is 2.72. The molecule has 1 amide bonds. The van der Waals surface area contributed by atoms with Crippen LogP contribution in [0.25, 0.3) is 0 Å². The normalized spacial score (nSPS) is 12.7. The highest BCUT2D eigenvalue weighted by Gasteiger charge is 2.20. The molecule has 0 fully saturated rings. The zero-order chi connectivity index (χ0) is 21.4. The third-order valence-corrected chi connectivity index (χ3v) is 5.01. The summed E-state index contributed by atoms with van der Waals surface area (Å²) in [5.41, 5.74) is 2.23. The van der Waals surface area contributed by atoms with E-state index in [2.05, 4.69) is 19.2 Å². The second-order valence-electron chi connectivity index (χ2n) is 6.95. The minimum Gasteiger partial charge on any atom is -0.453 e. The lowest BCUT2D eigenvalue weighted by molar-refractivity contribution is -0.153. The van der Waals surface area contributed by atoms with Crippen molar-refractivity contribution in [2.24, 2.45) is 0 Å². The topological polar surface area (TPSA) is 72.5 Å². The summed E-state index contributed by atoms with van der Waals surface area (Å²) in [7, 11) is 0. The summed E-state index contributed by atoms with van der Waals surface area (Å²) in [5.74, 6) is -0.884. The van der Waals surface area contributed by atoms with E-state index in [9.17, 15) is 14.4 Å². The van der Waals surface area contributed by atoms with Crippen LogP contribution in [0.4, 0.5) is 5.69 Å². The molecule has 0 radical (unpaired) electrons. The van der Waals surface area contributed by atoms with Crippen molar-refractivity contribution in [1.29, 1.82) is 0 Å². The van der Waals surface area contributed by atoms with Crippen molar-refractivity contribution in [2.75, 3.05) is 5.32 Å². The molecule has 0 saturated carbocycles. The van der Waals surface area contributed by atoms with Crippen LogP contribution in [0.15, 0.2) is 48.5 Å². The van der Waals surface area contributed by atoms with E-state index in [1.165, 1.54) is 6.92 Å². The molecule has 2 rings (SSSR count). The molecule has 6 heteroatoms. The van der Waals surface area contributed by atoms with Crippen molar-refractivity contribution in [3.63, 3.8) is 0 Å². The highest BCUT2D eigenvalue weighted by Crippen LogP contribution is 2.26. The van der Waals surface area contributed by atoms with Crippen molar-refractivity contribution in [1.82, 2.24) is 0 Å². The minimum absolute atomic E-state index is 0.00561. The van der Waals surface area contributed by atoms with Crippen molar-refractivity contribution >= 4 is 34.9 Å². The van der Waals surface area contributed by atoms with Crippen LogP contribution >= 0.6 is 11.6 Å². The number of nitrogens with one attached hydrogen (secondary N) is 1. The molecule has 0 spiro atoms. The molecule has 0 aliphatic rings. The summed E-state index contributed by atoms with van der Waals surface area (Å²) in [5, 5.41) is 3.37. The van der Waals surface area contributed by atoms with Gasteiger partial charge in [0.1, 0.15) is 0 Å². The van der Waals surface area contributed by atoms with E-state index in [0.717, 1.165) is 12.0 Å². The van der Waals surface area contributed by atoms with Gasteiger partial charge in [-0.3, -0.25) is 14.4 Å². The Hall–Kier alpha value is -2.66. The summed E-state index contributed by atoms with van der Waals surface area (Å²) >= 11 is 5.80. The van der Waals surface area contributed by atoms with Crippen LogP contribution in [-0.2, 0) is 14.3 Å². The summed E-state index contributed by atoms with van der Waals surface area (Å²) in [6, 6.07) is 14.1. The van der Waals surface area contributed by atoms with Gasteiger partial charge in [0.25, 0.3) is 5.91 Å². The fourth-order valence-electron chi connectivity index (χ4n) is 2.80. The largest absolute Gasteiger partial charge is 0.453 e. The Bertz CT molecular complexity index is 863. The first-order chi connectivity index (χ1) is 13.8. The number of hydrogen-bond acceptors (Lipinski definition) is 4. The van der Waals surface area contributed by atoms with E-state index in [0.29, 0.717) is 22.2 Å². The van der Waals surface area contributed by atoms with Gasteiger partial charge in [-0.1, -0.05) is 43.6 Å². The van der Waals surface area contributed by atoms with Gasteiger partial charge in [-0.2, -0.15) is 0 Å². The van der Waals surface area contributed by atoms with E-state index in [1.807, 2.05) is 24.3 Å². The van der Waals surface area contributed by atoms with Gasteiger partial charge < -0.3 is 10.1 Å². The predicted octanol–water partition coefficient (Wildman–Crippen LogP) is 5.39. The van der Waals surface area contributed by atoms with Crippen LogP contribution in [0.1, 0.15) is 61.9 Å². The maximum absolute atomic E-state index is 12.4. The molecular weight excluding hydrogens is 390 g/mol. The molecule has 0 unspecified atom stereocenters. The second kappa shape index (κ2) is 10.8. The highest BCUT2D eigenvalue weighted by atomic mass is 35.5. The molecule has 2 atom stereocenters. The molecule has 0 saturated heterocycles. The summed E-state index contributed by atoms with van der Waals surface area (Å²) < 4.78 is 5.19. The Morgan fingerprint density at radius 2 is 1.66 bits per heavy atom. The van der Waals surface area contributed by atoms with Gasteiger partial charge in [0.05, 0.1) is 6.42 Å². The molecule has 29 heavy (non-hydrogen) atoms. The number of hydrogen-bond donors (Lipinski definition) is 1. The van der Waals surface area contributed by atoms with Crippen LogP contribution in [0.2, 0.25) is 5.02 Å². The molecule has 1 N–H and O–H groups in total. The van der Waals surface area contributed by atoms with Gasteiger partial charge in [0.2, 0.25) is 0 Å². The lowest BCUT2D eigenvalue weighted by Gasteiger charge is -2.18. The number of para-hydroxylation sites is 1. The third kappa shape index (κ3) is 6.71. The van der Waals surface area contributed by atoms with Crippen LogP contribution in [0.5, 0.6) is 0 Å². The van der Waals surface area contributed by atoms with E-state index in [-0.39, 0.29) is 18.6 Å². The number of benzene rings is 2. The van der Waals surface area contributed by atoms with E-state index >= 15 is 0 Å². The van der Waals surface area contributed by atoms with E-state index in [1.54, 1.807) is 24.3 Å². The Labute approximate surface area is 176 Å². The first-order valence-corrected chi connectivity index (χ1v) is 10.1. The predicted molar refractivity (Wildman–Crippen MR) is 114 cm³/mol. The lowest BCUT2D eigenvalue weighted by atomic mass is 9.97. The molecule has 0 heterocycles. The zero-order valence-corrected chi connectivity index (χ0v) is 17.7. The number of amides is 1. The molecule has 5 nitrogen and oxygen atoms in total. The number of carbonyl (C=O) groups is 3. The zero-order valence-electron chi connectivity index (χ0n) is 16.9. The SMILES string of the molecule is CC[C@H](C)c1ccccc1NC(=O)[C@H](C)OC(=O)CCC(=O)c1ccc(Cl)cc1. The van der Waals surface area contributed by atoms with Crippen molar-refractivity contribution in [3.05, 3.63) is 64.7 Å². The number of anilines is 1. The van der Waals surface area contributed by atoms with Gasteiger partial charge >= 0.3 is 5.97 Å². The smallest absolute Gasteiger partial charge is 0.307 e. The quantitative estimate of drug-likeness (QED) is 0.440. The van der Waals surface area contributed by atoms with E-state index < -0.39 is 18.0 Å². The summed E-state index contributed by atoms with van der Waals surface area (Å²) in [6.45, 7) is 5.69. The Morgan fingerprint density at radius 3 is 2.31 bits per heavy atom. The number of halogens is 1. The Kier molecular flexibility index (Phi) is 8.40. The molecule has 2 aromatic rings. The minimum atomic E-state index is -0.960. The van der Waals surface area contributed by atoms with Crippen LogP contribution in [-0.4, -0.2) is 23.8 Å². The number of carbonyl (C=O) groups excluding carboxylic acids is 3. The van der Waals surface area contributed by atoms with Gasteiger partial charge in [-0.05, 0) is 55.2 Å². The molecule has 0 aliphatic heterocycles. The standard InChI is InChI=1S/C23H26ClNO4/c1-4-15(2)19-7-5-6-8-20(19)25-23(28)16(3)29-22(27)14-13-21(26)17-9-11-18(24)12-10-17/h5-12,15-16H,4,13-14H2,1-3H3,(H,25,28)/t15-,16-/m0/s1. The van der Waals surface area contributed by atoms with Crippen LogP contribution in [0.3, 0.4) is 0 Å². The van der Waals surface area contributed by atoms with Gasteiger partial charge in [0.15, 0.2) is 11.9 Å². The maximum atomic E-state index is 12.4. The van der Waals surface area contributed by atoms with Crippen molar-refractivity contribution < 1.29 is 19.1 Å². The molecule has 0 aliphatic carbocycles. The Morgan fingerprint density at radius 1 is 1.00 bits per heavy atom. The van der Waals surface area contributed by atoms with Crippen LogP contribution < -0.4 is 5.32 Å². The molecule has 0 bridgehead atoms. The fourth-order valence-corrected chi connectivity index (χ4v) is 2.93. The highest BCUT2D eigenvalue weighted by molar-refractivity contribution is 6.30. The van der Waals surface area contributed by atoms with Gasteiger partial charge in [-0.15, -0.1) is 0 Å². The first kappa shape index (κ1) is 22.6. The van der Waals surface area contributed by atoms with Crippen molar-refractivity contribution in [3.8, 4) is 0 Å².